The molecule has 1 aliphatic rings. The molecule has 1 aliphatic carbocycles. The van der Waals surface area contributed by atoms with Crippen LogP contribution in [0.3, 0.4) is 0 Å². The normalized spacial score (nSPS) is 12.6. The highest BCUT2D eigenvalue weighted by atomic mass is 32.2. The molecule has 3 aromatic heterocycles. The maximum Gasteiger partial charge on any atom is 0.267 e. The van der Waals surface area contributed by atoms with Gasteiger partial charge in [-0.05, 0) is 61.7 Å². The minimum Gasteiger partial charge on any atom is -0.316 e. The Morgan fingerprint density at radius 3 is 2.94 bits per heavy atom. The number of nitrogens with one attached hydrogen (secondary N) is 1. The molecule has 1 aromatic carbocycles. The van der Waals surface area contributed by atoms with Crippen molar-refractivity contribution < 1.29 is 4.79 Å². The number of aryl methyl sites for hydroxylation is 4. The lowest BCUT2D eigenvalue weighted by Gasteiger charge is -2.15. The maximum absolute atomic E-state index is 13.8. The molecule has 0 atom stereocenters. The highest BCUT2D eigenvalue weighted by Crippen LogP contribution is 2.36. The average molecular weight is 493 g/mol. The van der Waals surface area contributed by atoms with Crippen LogP contribution in [-0.2, 0) is 17.6 Å². The summed E-state index contributed by atoms with van der Waals surface area (Å²) in [5, 5.41) is 15.5. The van der Waals surface area contributed by atoms with Crippen molar-refractivity contribution in [2.24, 2.45) is 0 Å². The van der Waals surface area contributed by atoms with Gasteiger partial charge in [0.2, 0.25) is 5.91 Å². The quantitative estimate of drug-likeness (QED) is 0.305. The molecule has 0 radical (unpaired) electrons. The molecule has 0 saturated carbocycles. The number of amides is 1. The van der Waals surface area contributed by atoms with Crippen molar-refractivity contribution in [3.63, 3.8) is 0 Å². The number of carbonyl (C=O) groups excluding carboxylic acids is 1. The van der Waals surface area contributed by atoms with Crippen LogP contribution in [0, 0.1) is 25.2 Å². The average Bonchev–Trinajstić information content (AvgIpc) is 3.49. The number of nitrogens with zero attached hydrogens (tertiary/aromatic N) is 3. The smallest absolute Gasteiger partial charge is 0.267 e. The van der Waals surface area contributed by atoms with Crippen molar-refractivity contribution in [3.05, 3.63) is 67.1 Å². The van der Waals surface area contributed by atoms with Gasteiger partial charge in [0.1, 0.15) is 15.9 Å². The van der Waals surface area contributed by atoms with E-state index >= 15 is 0 Å². The van der Waals surface area contributed by atoms with Gasteiger partial charge < -0.3 is 5.32 Å². The molecule has 166 valence electrons. The van der Waals surface area contributed by atoms with Gasteiger partial charge in [-0.1, -0.05) is 29.5 Å². The summed E-state index contributed by atoms with van der Waals surface area (Å²) in [7, 11) is 0. The summed E-state index contributed by atoms with van der Waals surface area (Å²) in [6.45, 7) is 4.01. The van der Waals surface area contributed by atoms with Gasteiger partial charge in [0.25, 0.3) is 5.56 Å². The number of hydrogen-bond acceptors (Lipinski definition) is 7. The van der Waals surface area contributed by atoms with Gasteiger partial charge in [-0.2, -0.15) is 5.26 Å². The Labute approximate surface area is 202 Å². The Bertz CT molecular complexity index is 1510. The molecule has 1 amide bonds. The van der Waals surface area contributed by atoms with Crippen molar-refractivity contribution in [1.82, 2.24) is 9.55 Å². The summed E-state index contributed by atoms with van der Waals surface area (Å²) in [4.78, 5) is 33.3. The zero-order chi connectivity index (χ0) is 23.1. The predicted octanol–water partition coefficient (Wildman–Crippen LogP) is 5.22. The van der Waals surface area contributed by atoms with Crippen molar-refractivity contribution in [1.29, 1.82) is 5.26 Å². The van der Waals surface area contributed by atoms with E-state index in [0.29, 0.717) is 15.7 Å². The summed E-state index contributed by atoms with van der Waals surface area (Å²) in [5.41, 5.74) is 4.40. The van der Waals surface area contributed by atoms with Gasteiger partial charge in [0, 0.05) is 4.88 Å². The topological polar surface area (TPSA) is 87.8 Å². The van der Waals surface area contributed by atoms with E-state index in [2.05, 4.69) is 11.4 Å². The fraction of sp³-hybridized carbons (Fsp3) is 0.250. The summed E-state index contributed by atoms with van der Waals surface area (Å²) < 4.78 is 1.66. The van der Waals surface area contributed by atoms with Crippen LogP contribution < -0.4 is 10.9 Å². The number of thioether (sulfide) groups is 1. The molecule has 0 aliphatic heterocycles. The second-order valence-electron chi connectivity index (χ2n) is 7.97. The third-order valence-electron chi connectivity index (χ3n) is 5.67. The first kappa shape index (κ1) is 21.9. The summed E-state index contributed by atoms with van der Waals surface area (Å²) in [5.74, 6) is -0.161. The van der Waals surface area contributed by atoms with Crippen molar-refractivity contribution in [2.75, 3.05) is 11.1 Å². The molecular formula is C24H20N4O2S3. The van der Waals surface area contributed by atoms with Crippen LogP contribution in [0.25, 0.3) is 15.9 Å². The molecule has 6 nitrogen and oxygen atoms in total. The maximum atomic E-state index is 13.8. The summed E-state index contributed by atoms with van der Waals surface area (Å²) in [6, 6.07) is 9.73. The van der Waals surface area contributed by atoms with Crippen LogP contribution in [0.2, 0.25) is 0 Å². The van der Waals surface area contributed by atoms with Crippen molar-refractivity contribution in [3.8, 4) is 11.8 Å². The second kappa shape index (κ2) is 8.78. The molecule has 33 heavy (non-hydrogen) atoms. The van der Waals surface area contributed by atoms with E-state index < -0.39 is 0 Å². The minimum atomic E-state index is -0.242. The first-order valence-corrected chi connectivity index (χ1v) is 13.2. The molecule has 1 N–H and O–H groups in total. The number of aromatic nitrogens is 2. The van der Waals surface area contributed by atoms with Gasteiger partial charge >= 0.3 is 0 Å². The van der Waals surface area contributed by atoms with E-state index in [0.717, 1.165) is 51.9 Å². The summed E-state index contributed by atoms with van der Waals surface area (Å²) in [6.07, 6.45) is 2.98. The Hall–Kier alpha value is -2.93. The van der Waals surface area contributed by atoms with Gasteiger partial charge in [0.15, 0.2) is 5.16 Å². The minimum absolute atomic E-state index is 0.0701. The number of thiophene rings is 2. The molecule has 0 bridgehead atoms. The number of nitriles is 1. The molecule has 0 unspecified atom stereocenters. The molecule has 0 spiro atoms. The molecule has 9 heteroatoms. The van der Waals surface area contributed by atoms with Crippen LogP contribution >= 0.6 is 34.4 Å². The number of hydrogen-bond donors (Lipinski definition) is 1. The van der Waals surface area contributed by atoms with Gasteiger partial charge in [0.05, 0.1) is 22.4 Å². The lowest BCUT2D eigenvalue weighted by molar-refractivity contribution is -0.113. The standard InChI is InChI=1S/C24H20N4O2S3/c1-13-6-7-17(14(2)10-13)28-23(30)20-16-4-3-5-18(16)33-22(20)27-24(28)32-12-19(29)26-21-15(11-25)8-9-31-21/h6-10H,3-5,12H2,1-2H3,(H,26,29). The third kappa shape index (κ3) is 3.99. The zero-order valence-corrected chi connectivity index (χ0v) is 20.5. The van der Waals surface area contributed by atoms with Crippen LogP contribution in [0.15, 0.2) is 39.6 Å². The lowest BCUT2D eigenvalue weighted by Crippen LogP contribution is -2.23. The number of fused-ring (bicyclic) bond motifs is 3. The highest BCUT2D eigenvalue weighted by Gasteiger charge is 2.24. The molecule has 5 rings (SSSR count). The number of carbonyl (C=O) groups is 1. The Balaban J connectivity index is 1.55. The molecule has 0 saturated heterocycles. The van der Waals surface area contributed by atoms with E-state index in [9.17, 15) is 9.59 Å². The first-order valence-electron chi connectivity index (χ1n) is 10.5. The zero-order valence-electron chi connectivity index (χ0n) is 18.1. The van der Waals surface area contributed by atoms with E-state index in [1.807, 2.05) is 32.0 Å². The Morgan fingerprint density at radius 1 is 1.30 bits per heavy atom. The van der Waals surface area contributed by atoms with E-state index in [4.69, 9.17) is 10.2 Å². The summed E-state index contributed by atoms with van der Waals surface area (Å²) >= 11 is 4.14. The molecular weight excluding hydrogens is 472 g/mol. The van der Waals surface area contributed by atoms with Gasteiger partial charge in [-0.25, -0.2) is 4.98 Å². The van der Waals surface area contributed by atoms with Crippen molar-refractivity contribution in [2.45, 2.75) is 38.3 Å². The van der Waals surface area contributed by atoms with Crippen LogP contribution in [0.1, 0.15) is 33.6 Å². The van der Waals surface area contributed by atoms with E-state index in [1.165, 1.54) is 28.0 Å². The highest BCUT2D eigenvalue weighted by molar-refractivity contribution is 7.99. The molecule has 4 aromatic rings. The number of anilines is 1. The van der Waals surface area contributed by atoms with Gasteiger partial charge in [-0.3, -0.25) is 14.2 Å². The first-order chi connectivity index (χ1) is 16.0. The van der Waals surface area contributed by atoms with Crippen molar-refractivity contribution >= 4 is 55.6 Å². The fourth-order valence-electron chi connectivity index (χ4n) is 4.18. The lowest BCUT2D eigenvalue weighted by atomic mass is 10.1. The number of benzene rings is 1. The number of rotatable bonds is 5. The Kier molecular flexibility index (Phi) is 5.83. The van der Waals surface area contributed by atoms with Crippen LogP contribution in [0.5, 0.6) is 0 Å². The van der Waals surface area contributed by atoms with Crippen LogP contribution in [0.4, 0.5) is 5.00 Å². The SMILES string of the molecule is Cc1ccc(-n2c(SCC(=O)Nc3sccc3C#N)nc3sc4c(c3c2=O)CCC4)c(C)c1. The van der Waals surface area contributed by atoms with Crippen LogP contribution in [-0.4, -0.2) is 21.2 Å². The van der Waals surface area contributed by atoms with Gasteiger partial charge in [-0.15, -0.1) is 22.7 Å². The monoisotopic (exact) mass is 492 g/mol. The molecule has 3 heterocycles. The molecule has 0 fully saturated rings. The largest absolute Gasteiger partial charge is 0.316 e. The van der Waals surface area contributed by atoms with E-state index in [-0.39, 0.29) is 17.2 Å². The van der Waals surface area contributed by atoms with E-state index in [1.54, 1.807) is 27.4 Å². The second-order valence-corrected chi connectivity index (χ2v) is 10.9. The Morgan fingerprint density at radius 2 is 2.15 bits per heavy atom. The predicted molar refractivity (Wildman–Crippen MR) is 135 cm³/mol. The third-order valence-corrected chi connectivity index (χ3v) is 8.63. The fourth-order valence-corrected chi connectivity index (χ4v) is 7.04.